The number of carbonyl (C=O) groups is 1. The maximum absolute atomic E-state index is 11.8. The van der Waals surface area contributed by atoms with Crippen molar-refractivity contribution in [3.8, 4) is 6.01 Å². The summed E-state index contributed by atoms with van der Waals surface area (Å²) in [5, 5.41) is 2.82. The number of aromatic nitrogens is 3. The van der Waals surface area contributed by atoms with Crippen molar-refractivity contribution in [3.63, 3.8) is 0 Å². The molecule has 0 saturated carbocycles. The van der Waals surface area contributed by atoms with E-state index in [2.05, 4.69) is 20.3 Å². The molecule has 1 heterocycles. The summed E-state index contributed by atoms with van der Waals surface area (Å²) < 4.78 is 5.15. The van der Waals surface area contributed by atoms with Crippen molar-refractivity contribution in [2.75, 3.05) is 37.3 Å². The molecule has 0 saturated heterocycles. The third kappa shape index (κ3) is 4.57. The summed E-state index contributed by atoms with van der Waals surface area (Å²) in [4.78, 5) is 25.2. The maximum Gasteiger partial charge on any atom is 0.323 e. The Hall–Kier alpha value is -2.12. The first-order chi connectivity index (χ1) is 9.10. The van der Waals surface area contributed by atoms with Crippen molar-refractivity contribution in [1.29, 1.82) is 0 Å². The van der Waals surface area contributed by atoms with Gasteiger partial charge in [-0.15, -0.1) is 0 Å². The molecule has 0 aliphatic rings. The monoisotopic (exact) mass is 268 g/mol. The molecule has 0 fully saturated rings. The zero-order valence-corrected chi connectivity index (χ0v) is 11.5. The van der Waals surface area contributed by atoms with E-state index in [-0.39, 0.29) is 30.4 Å². The Morgan fingerprint density at radius 2 is 1.95 bits per heavy atom. The predicted molar refractivity (Wildman–Crippen MR) is 71.8 cm³/mol. The Labute approximate surface area is 112 Å². The summed E-state index contributed by atoms with van der Waals surface area (Å²) in [7, 11) is 0. The first kappa shape index (κ1) is 14.9. The molecule has 1 aromatic heterocycles. The fourth-order valence-electron chi connectivity index (χ4n) is 1.49. The van der Waals surface area contributed by atoms with E-state index in [1.165, 1.54) is 0 Å². The number of rotatable bonds is 7. The van der Waals surface area contributed by atoms with Gasteiger partial charge in [0.2, 0.25) is 17.8 Å². The van der Waals surface area contributed by atoms with Crippen molar-refractivity contribution in [2.24, 2.45) is 0 Å². The standard InChI is InChI=1S/C11H20N6O2/c1-4-17(5-2)8(18)7-13-10-14-9(12)15-11(16-10)19-6-3/h4-7H2,1-3H3,(H3,12,13,14,15,16). The molecule has 3 N–H and O–H groups in total. The lowest BCUT2D eigenvalue weighted by atomic mass is 10.4. The number of nitrogens with two attached hydrogens (primary N) is 1. The van der Waals surface area contributed by atoms with Crippen LogP contribution in [0.25, 0.3) is 0 Å². The van der Waals surface area contributed by atoms with Crippen LogP contribution in [0.1, 0.15) is 20.8 Å². The van der Waals surface area contributed by atoms with E-state index in [4.69, 9.17) is 10.5 Å². The molecule has 0 spiro atoms. The summed E-state index contributed by atoms with van der Waals surface area (Å²) in [6.45, 7) is 7.54. The van der Waals surface area contributed by atoms with Crippen molar-refractivity contribution >= 4 is 17.8 Å². The summed E-state index contributed by atoms with van der Waals surface area (Å²) in [6, 6.07) is 0.146. The second-order valence-electron chi connectivity index (χ2n) is 3.65. The van der Waals surface area contributed by atoms with E-state index in [0.717, 1.165) is 0 Å². The van der Waals surface area contributed by atoms with E-state index < -0.39 is 0 Å². The van der Waals surface area contributed by atoms with E-state index in [1.54, 1.807) is 4.90 Å². The van der Waals surface area contributed by atoms with Gasteiger partial charge in [0, 0.05) is 13.1 Å². The topological polar surface area (TPSA) is 106 Å². The Kier molecular flexibility index (Phi) is 5.77. The van der Waals surface area contributed by atoms with Gasteiger partial charge in [0.15, 0.2) is 0 Å². The van der Waals surface area contributed by atoms with Crippen LogP contribution in [-0.4, -0.2) is 52.0 Å². The van der Waals surface area contributed by atoms with E-state index in [1.807, 2.05) is 20.8 Å². The Morgan fingerprint density at radius 1 is 1.26 bits per heavy atom. The summed E-state index contributed by atoms with van der Waals surface area (Å²) in [5.41, 5.74) is 5.53. The van der Waals surface area contributed by atoms with Gasteiger partial charge in [-0.05, 0) is 20.8 Å². The van der Waals surface area contributed by atoms with Gasteiger partial charge in [0.1, 0.15) is 0 Å². The molecular formula is C11H20N6O2. The Balaban J connectivity index is 2.64. The molecule has 0 aliphatic heterocycles. The molecule has 0 unspecified atom stereocenters. The van der Waals surface area contributed by atoms with Crippen molar-refractivity contribution in [1.82, 2.24) is 19.9 Å². The lowest BCUT2D eigenvalue weighted by molar-refractivity contribution is -0.128. The lowest BCUT2D eigenvalue weighted by Gasteiger charge is -2.18. The number of hydrogen-bond acceptors (Lipinski definition) is 7. The zero-order valence-electron chi connectivity index (χ0n) is 11.5. The van der Waals surface area contributed by atoms with Gasteiger partial charge in [-0.25, -0.2) is 0 Å². The van der Waals surface area contributed by atoms with E-state index >= 15 is 0 Å². The highest BCUT2D eigenvalue weighted by Gasteiger charge is 2.11. The van der Waals surface area contributed by atoms with Crippen LogP contribution in [0.2, 0.25) is 0 Å². The van der Waals surface area contributed by atoms with Gasteiger partial charge < -0.3 is 20.7 Å². The zero-order chi connectivity index (χ0) is 14.3. The molecule has 0 radical (unpaired) electrons. The number of nitrogens with zero attached hydrogens (tertiary/aromatic N) is 4. The van der Waals surface area contributed by atoms with Crippen LogP contribution in [0, 0.1) is 0 Å². The van der Waals surface area contributed by atoms with Crippen LogP contribution in [-0.2, 0) is 4.79 Å². The highest BCUT2D eigenvalue weighted by atomic mass is 16.5. The molecule has 106 valence electrons. The maximum atomic E-state index is 11.8. The minimum absolute atomic E-state index is 0.0260. The van der Waals surface area contributed by atoms with Gasteiger partial charge in [-0.2, -0.15) is 15.0 Å². The molecule has 0 aliphatic carbocycles. The van der Waals surface area contributed by atoms with Crippen LogP contribution < -0.4 is 15.8 Å². The van der Waals surface area contributed by atoms with E-state index in [0.29, 0.717) is 19.7 Å². The molecule has 1 amide bonds. The Bertz CT molecular complexity index is 422. The molecule has 0 aromatic carbocycles. The molecule has 8 nitrogen and oxygen atoms in total. The minimum Gasteiger partial charge on any atom is -0.464 e. The summed E-state index contributed by atoms with van der Waals surface area (Å²) in [6.07, 6.45) is 0. The van der Waals surface area contributed by atoms with Crippen LogP contribution in [0.15, 0.2) is 0 Å². The number of ether oxygens (including phenoxy) is 1. The van der Waals surface area contributed by atoms with Crippen molar-refractivity contribution in [2.45, 2.75) is 20.8 Å². The fourth-order valence-corrected chi connectivity index (χ4v) is 1.49. The third-order valence-electron chi connectivity index (χ3n) is 2.42. The number of carbonyl (C=O) groups excluding carboxylic acids is 1. The first-order valence-corrected chi connectivity index (χ1v) is 6.26. The highest BCUT2D eigenvalue weighted by molar-refractivity contribution is 5.80. The molecule has 1 rings (SSSR count). The van der Waals surface area contributed by atoms with Crippen molar-refractivity contribution < 1.29 is 9.53 Å². The Morgan fingerprint density at radius 3 is 2.53 bits per heavy atom. The smallest absolute Gasteiger partial charge is 0.323 e. The first-order valence-electron chi connectivity index (χ1n) is 6.26. The normalized spacial score (nSPS) is 10.1. The SMILES string of the molecule is CCOc1nc(N)nc(NCC(=O)N(CC)CC)n1. The van der Waals surface area contributed by atoms with Gasteiger partial charge in [0.25, 0.3) is 0 Å². The molecule has 8 heteroatoms. The van der Waals surface area contributed by atoms with Gasteiger partial charge in [-0.3, -0.25) is 4.79 Å². The quantitative estimate of drug-likeness (QED) is 0.724. The predicted octanol–water partition coefficient (Wildman–Crippen LogP) is 0.133. The molecule has 0 bridgehead atoms. The number of anilines is 2. The van der Waals surface area contributed by atoms with Gasteiger partial charge in [0.05, 0.1) is 13.2 Å². The fraction of sp³-hybridized carbons (Fsp3) is 0.636. The molecular weight excluding hydrogens is 248 g/mol. The van der Waals surface area contributed by atoms with Crippen molar-refractivity contribution in [3.05, 3.63) is 0 Å². The number of hydrogen-bond donors (Lipinski definition) is 2. The van der Waals surface area contributed by atoms with Crippen LogP contribution in [0.5, 0.6) is 6.01 Å². The summed E-state index contributed by atoms with van der Waals surface area (Å²) >= 11 is 0. The molecule has 0 atom stereocenters. The number of likely N-dealkylation sites (N-methyl/N-ethyl adjacent to an activating group) is 1. The average molecular weight is 268 g/mol. The third-order valence-corrected chi connectivity index (χ3v) is 2.42. The lowest BCUT2D eigenvalue weighted by Crippen LogP contribution is -2.35. The molecule has 1 aromatic rings. The van der Waals surface area contributed by atoms with E-state index in [9.17, 15) is 4.79 Å². The largest absolute Gasteiger partial charge is 0.464 e. The van der Waals surface area contributed by atoms with Crippen LogP contribution in [0.3, 0.4) is 0 Å². The minimum atomic E-state index is -0.0260. The second-order valence-corrected chi connectivity index (χ2v) is 3.65. The van der Waals surface area contributed by atoms with Gasteiger partial charge in [-0.1, -0.05) is 0 Å². The van der Waals surface area contributed by atoms with Crippen LogP contribution in [0.4, 0.5) is 11.9 Å². The second kappa shape index (κ2) is 7.34. The summed E-state index contributed by atoms with van der Waals surface area (Å²) in [5.74, 6) is 0.259. The average Bonchev–Trinajstić information content (AvgIpc) is 2.37. The number of nitrogens with one attached hydrogen (secondary N) is 1. The number of nitrogen functional groups attached to an aromatic ring is 1. The molecule has 19 heavy (non-hydrogen) atoms. The number of amides is 1. The van der Waals surface area contributed by atoms with Crippen LogP contribution >= 0.6 is 0 Å². The highest BCUT2D eigenvalue weighted by Crippen LogP contribution is 2.08. The van der Waals surface area contributed by atoms with Gasteiger partial charge >= 0.3 is 6.01 Å².